The zero-order valence-corrected chi connectivity index (χ0v) is 12.2. The van der Waals surface area contributed by atoms with E-state index in [1.165, 1.54) is 0 Å². The fraction of sp³-hybridized carbons (Fsp3) is 0.0476. The Kier molecular flexibility index (Phi) is 4.34. The molecule has 3 aromatic carbocycles. The van der Waals surface area contributed by atoms with Crippen LogP contribution in [-0.4, -0.2) is 11.7 Å². The molecule has 0 amide bonds. The summed E-state index contributed by atoms with van der Waals surface area (Å²) in [5.74, 6) is 6.13. The van der Waals surface area contributed by atoms with Gasteiger partial charge in [-0.1, -0.05) is 72.5 Å². The van der Waals surface area contributed by atoms with Crippen molar-refractivity contribution in [2.24, 2.45) is 0 Å². The molecule has 0 spiro atoms. The number of aliphatic hydroxyl groups excluding tert-OH is 1. The van der Waals surface area contributed by atoms with Crippen LogP contribution in [0.2, 0.25) is 0 Å². The number of fused-ring (bicyclic) bond motifs is 1. The second kappa shape index (κ2) is 6.76. The van der Waals surface area contributed by atoms with Crippen molar-refractivity contribution in [3.05, 3.63) is 90.0 Å². The molecular formula is C21H16O. The van der Waals surface area contributed by atoms with Crippen LogP contribution in [0.5, 0.6) is 0 Å². The lowest BCUT2D eigenvalue weighted by Crippen LogP contribution is -1.91. The van der Waals surface area contributed by atoms with E-state index in [9.17, 15) is 5.11 Å². The molecule has 0 radical (unpaired) electrons. The van der Waals surface area contributed by atoms with Crippen LogP contribution >= 0.6 is 0 Å². The Morgan fingerprint density at radius 2 is 1.59 bits per heavy atom. The maximum atomic E-state index is 9.70. The average molecular weight is 284 g/mol. The minimum Gasteiger partial charge on any atom is -0.392 e. The van der Waals surface area contributed by atoms with E-state index in [4.69, 9.17) is 0 Å². The van der Waals surface area contributed by atoms with Crippen molar-refractivity contribution >= 4 is 16.3 Å². The van der Waals surface area contributed by atoms with Crippen molar-refractivity contribution in [2.45, 2.75) is 0 Å². The van der Waals surface area contributed by atoms with Crippen LogP contribution in [0, 0.1) is 11.8 Å². The summed E-state index contributed by atoms with van der Waals surface area (Å²) in [7, 11) is 0. The first kappa shape index (κ1) is 14.1. The van der Waals surface area contributed by atoms with E-state index in [1.54, 1.807) is 6.08 Å². The number of allylic oxidation sites excluding steroid dienone is 1. The Balaban J connectivity index is 2.00. The molecule has 0 aliphatic rings. The molecule has 0 unspecified atom stereocenters. The van der Waals surface area contributed by atoms with Gasteiger partial charge in [0.15, 0.2) is 0 Å². The summed E-state index contributed by atoms with van der Waals surface area (Å²) < 4.78 is 0. The van der Waals surface area contributed by atoms with E-state index in [0.29, 0.717) is 0 Å². The predicted octanol–water partition coefficient (Wildman–Crippen LogP) is 4.27. The highest BCUT2D eigenvalue weighted by molar-refractivity contribution is 5.94. The SMILES string of the molecule is OC/C(=C\C#Cc1ccccc1)c1cccc2ccccc12. The highest BCUT2D eigenvalue weighted by Crippen LogP contribution is 2.24. The second-order valence-corrected chi connectivity index (χ2v) is 4.99. The van der Waals surface area contributed by atoms with Crippen LogP contribution in [-0.2, 0) is 0 Å². The summed E-state index contributed by atoms with van der Waals surface area (Å²) in [5, 5.41) is 12.0. The van der Waals surface area contributed by atoms with Gasteiger partial charge in [0.1, 0.15) is 0 Å². The van der Waals surface area contributed by atoms with Gasteiger partial charge in [0.2, 0.25) is 0 Å². The minimum absolute atomic E-state index is 0.0303. The molecule has 0 aliphatic carbocycles. The fourth-order valence-electron chi connectivity index (χ4n) is 2.44. The summed E-state index contributed by atoms with van der Waals surface area (Å²) in [5.41, 5.74) is 2.83. The van der Waals surface area contributed by atoms with Crippen LogP contribution in [0.1, 0.15) is 11.1 Å². The normalized spacial score (nSPS) is 11.0. The van der Waals surface area contributed by atoms with Gasteiger partial charge in [-0.25, -0.2) is 0 Å². The molecule has 0 fully saturated rings. The van der Waals surface area contributed by atoms with Gasteiger partial charge < -0.3 is 5.11 Å². The van der Waals surface area contributed by atoms with Gasteiger partial charge in [-0.15, -0.1) is 0 Å². The Labute approximate surface area is 130 Å². The predicted molar refractivity (Wildman–Crippen MR) is 92.3 cm³/mol. The monoisotopic (exact) mass is 284 g/mol. The Hall–Kier alpha value is -2.82. The lowest BCUT2D eigenvalue weighted by molar-refractivity contribution is 0.350. The number of aliphatic hydroxyl groups is 1. The smallest absolute Gasteiger partial charge is 0.0694 e. The van der Waals surface area contributed by atoms with Gasteiger partial charge in [0, 0.05) is 5.56 Å². The highest BCUT2D eigenvalue weighted by Gasteiger charge is 2.04. The van der Waals surface area contributed by atoms with E-state index in [0.717, 1.165) is 27.5 Å². The summed E-state index contributed by atoms with van der Waals surface area (Å²) in [4.78, 5) is 0. The van der Waals surface area contributed by atoms with Gasteiger partial charge in [-0.3, -0.25) is 0 Å². The van der Waals surface area contributed by atoms with Gasteiger partial charge >= 0.3 is 0 Å². The maximum absolute atomic E-state index is 9.70. The maximum Gasteiger partial charge on any atom is 0.0694 e. The van der Waals surface area contributed by atoms with Gasteiger partial charge in [0.25, 0.3) is 0 Å². The van der Waals surface area contributed by atoms with Gasteiger partial charge in [-0.05, 0) is 40.1 Å². The molecule has 0 saturated heterocycles. The van der Waals surface area contributed by atoms with E-state index in [1.807, 2.05) is 54.6 Å². The number of benzene rings is 3. The largest absolute Gasteiger partial charge is 0.392 e. The first-order valence-electron chi connectivity index (χ1n) is 7.23. The molecule has 0 heterocycles. The Morgan fingerprint density at radius 3 is 2.41 bits per heavy atom. The standard InChI is InChI=1S/C21H16O/c22-16-19(13-6-10-17-8-2-1-3-9-17)21-15-7-12-18-11-4-5-14-20(18)21/h1-5,7-9,11-15,22H,16H2/b19-13+. The summed E-state index contributed by atoms with van der Waals surface area (Å²) in [6.45, 7) is -0.0303. The second-order valence-electron chi connectivity index (χ2n) is 4.99. The molecule has 0 saturated carbocycles. The first-order valence-corrected chi connectivity index (χ1v) is 7.23. The topological polar surface area (TPSA) is 20.2 Å². The molecule has 3 aromatic rings. The van der Waals surface area contributed by atoms with Crippen molar-refractivity contribution in [1.29, 1.82) is 0 Å². The average Bonchev–Trinajstić information content (AvgIpc) is 2.59. The van der Waals surface area contributed by atoms with Crippen LogP contribution in [0.15, 0.2) is 78.9 Å². The number of hydrogen-bond donors (Lipinski definition) is 1. The summed E-state index contributed by atoms with van der Waals surface area (Å²) in [6, 6.07) is 24.1. The summed E-state index contributed by atoms with van der Waals surface area (Å²) in [6.07, 6.45) is 1.80. The number of rotatable bonds is 2. The van der Waals surface area contributed by atoms with Crippen LogP contribution in [0.3, 0.4) is 0 Å². The first-order chi connectivity index (χ1) is 10.9. The summed E-state index contributed by atoms with van der Waals surface area (Å²) >= 11 is 0. The van der Waals surface area contributed by atoms with Crippen molar-refractivity contribution in [2.75, 3.05) is 6.61 Å². The van der Waals surface area contributed by atoms with Crippen LogP contribution in [0.25, 0.3) is 16.3 Å². The molecule has 1 nitrogen and oxygen atoms in total. The van der Waals surface area contributed by atoms with E-state index in [-0.39, 0.29) is 6.61 Å². The van der Waals surface area contributed by atoms with Gasteiger partial charge in [-0.2, -0.15) is 0 Å². The number of hydrogen-bond acceptors (Lipinski definition) is 1. The molecular weight excluding hydrogens is 268 g/mol. The fourth-order valence-corrected chi connectivity index (χ4v) is 2.44. The third-order valence-corrected chi connectivity index (χ3v) is 3.54. The van der Waals surface area contributed by atoms with Gasteiger partial charge in [0.05, 0.1) is 6.61 Å². The lowest BCUT2D eigenvalue weighted by Gasteiger charge is -2.07. The van der Waals surface area contributed by atoms with Crippen molar-refractivity contribution in [3.63, 3.8) is 0 Å². The zero-order valence-electron chi connectivity index (χ0n) is 12.2. The zero-order chi connectivity index (χ0) is 15.2. The van der Waals surface area contributed by atoms with Crippen LogP contribution < -0.4 is 0 Å². The Morgan fingerprint density at radius 1 is 0.864 bits per heavy atom. The van der Waals surface area contributed by atoms with Crippen molar-refractivity contribution in [3.8, 4) is 11.8 Å². The Bertz CT molecular complexity index is 859. The third kappa shape index (κ3) is 3.09. The molecule has 0 aromatic heterocycles. The van der Waals surface area contributed by atoms with Crippen molar-refractivity contribution < 1.29 is 5.11 Å². The molecule has 22 heavy (non-hydrogen) atoms. The third-order valence-electron chi connectivity index (χ3n) is 3.54. The molecule has 0 atom stereocenters. The molecule has 106 valence electrons. The van der Waals surface area contributed by atoms with Crippen LogP contribution in [0.4, 0.5) is 0 Å². The van der Waals surface area contributed by atoms with Crippen molar-refractivity contribution in [1.82, 2.24) is 0 Å². The minimum atomic E-state index is -0.0303. The molecule has 1 heteroatoms. The lowest BCUT2D eigenvalue weighted by atomic mass is 9.98. The quantitative estimate of drug-likeness (QED) is 0.697. The van der Waals surface area contributed by atoms with E-state index < -0.39 is 0 Å². The highest BCUT2D eigenvalue weighted by atomic mass is 16.3. The molecule has 1 N–H and O–H groups in total. The van der Waals surface area contributed by atoms with E-state index >= 15 is 0 Å². The molecule has 3 rings (SSSR count). The molecule has 0 aliphatic heterocycles. The molecule has 0 bridgehead atoms. The van der Waals surface area contributed by atoms with E-state index in [2.05, 4.69) is 30.0 Å².